The molecule has 0 aliphatic rings. The van der Waals surface area contributed by atoms with E-state index in [0.29, 0.717) is 5.69 Å². The average Bonchev–Trinajstić information content (AvgIpc) is 2.13. The number of H-pyrrole nitrogens is 2. The van der Waals surface area contributed by atoms with Crippen molar-refractivity contribution in [1.82, 2.24) is 9.97 Å². The van der Waals surface area contributed by atoms with Crippen LogP contribution in [0.5, 0.6) is 0 Å². The molecular formula is C8H9BrN2O4. The van der Waals surface area contributed by atoms with Gasteiger partial charge in [0.1, 0.15) is 4.47 Å². The highest BCUT2D eigenvalue weighted by Crippen LogP contribution is 2.12. The quantitative estimate of drug-likeness (QED) is 0.728. The molecule has 0 saturated heterocycles. The summed E-state index contributed by atoms with van der Waals surface area (Å²) < 4.78 is 0.162. The summed E-state index contributed by atoms with van der Waals surface area (Å²) >= 11 is 2.99. The monoisotopic (exact) mass is 276 g/mol. The normalized spacial score (nSPS) is 12.4. The maximum Gasteiger partial charge on any atom is 0.325 e. The van der Waals surface area contributed by atoms with E-state index in [9.17, 15) is 14.4 Å². The van der Waals surface area contributed by atoms with Gasteiger partial charge in [0.05, 0.1) is 5.92 Å². The first kappa shape index (κ1) is 11.7. The van der Waals surface area contributed by atoms with Gasteiger partial charge in [0.15, 0.2) is 0 Å². The molecule has 0 amide bonds. The van der Waals surface area contributed by atoms with Crippen LogP contribution in [0.4, 0.5) is 0 Å². The summed E-state index contributed by atoms with van der Waals surface area (Å²) in [5.41, 5.74) is -0.916. The second-order valence-electron chi connectivity index (χ2n) is 3.14. The molecule has 0 aromatic carbocycles. The lowest BCUT2D eigenvalue weighted by molar-refractivity contribution is -0.141. The highest BCUT2D eigenvalue weighted by atomic mass is 79.9. The number of hydrogen-bond acceptors (Lipinski definition) is 3. The fourth-order valence-electron chi connectivity index (χ4n) is 1.05. The lowest BCUT2D eigenvalue weighted by atomic mass is 10.1. The van der Waals surface area contributed by atoms with E-state index in [-0.39, 0.29) is 10.9 Å². The van der Waals surface area contributed by atoms with Crippen LogP contribution in [0.1, 0.15) is 12.6 Å². The number of rotatable bonds is 3. The first-order chi connectivity index (χ1) is 6.91. The second kappa shape index (κ2) is 4.43. The Morgan fingerprint density at radius 1 is 1.47 bits per heavy atom. The van der Waals surface area contributed by atoms with Crippen molar-refractivity contribution >= 4 is 21.9 Å². The Morgan fingerprint density at radius 3 is 2.60 bits per heavy atom. The van der Waals surface area contributed by atoms with Crippen LogP contribution in [-0.4, -0.2) is 21.0 Å². The fraction of sp³-hybridized carbons (Fsp3) is 0.375. The van der Waals surface area contributed by atoms with E-state index in [1.54, 1.807) is 0 Å². The van der Waals surface area contributed by atoms with Crippen molar-refractivity contribution in [2.24, 2.45) is 5.92 Å². The van der Waals surface area contributed by atoms with Crippen LogP contribution < -0.4 is 11.2 Å². The molecule has 82 valence electrons. The summed E-state index contributed by atoms with van der Waals surface area (Å²) in [6.45, 7) is 1.49. The summed E-state index contributed by atoms with van der Waals surface area (Å²) in [6.07, 6.45) is 0.0923. The molecule has 6 nitrogen and oxygen atoms in total. The van der Waals surface area contributed by atoms with Crippen molar-refractivity contribution in [3.05, 3.63) is 31.0 Å². The molecule has 1 heterocycles. The van der Waals surface area contributed by atoms with E-state index in [1.807, 2.05) is 4.98 Å². The Labute approximate surface area is 92.5 Å². The highest BCUT2D eigenvalue weighted by molar-refractivity contribution is 9.10. The molecule has 0 saturated carbocycles. The van der Waals surface area contributed by atoms with Crippen LogP contribution in [0.15, 0.2) is 14.1 Å². The van der Waals surface area contributed by atoms with E-state index in [1.165, 1.54) is 6.92 Å². The molecule has 3 N–H and O–H groups in total. The summed E-state index contributed by atoms with van der Waals surface area (Å²) in [6, 6.07) is 0. The van der Waals surface area contributed by atoms with E-state index >= 15 is 0 Å². The third kappa shape index (κ3) is 2.79. The van der Waals surface area contributed by atoms with Crippen LogP contribution in [0.3, 0.4) is 0 Å². The SMILES string of the molecule is CC(Cc1[nH]c(=O)[nH]c(=O)c1Br)C(=O)O. The molecule has 1 atom stereocenters. The van der Waals surface area contributed by atoms with Crippen molar-refractivity contribution in [2.75, 3.05) is 0 Å². The summed E-state index contributed by atoms with van der Waals surface area (Å²) in [4.78, 5) is 37.1. The van der Waals surface area contributed by atoms with E-state index < -0.39 is 23.1 Å². The molecule has 1 rings (SSSR count). The minimum absolute atomic E-state index is 0.0923. The molecule has 0 bridgehead atoms. The number of carbonyl (C=O) groups is 1. The van der Waals surface area contributed by atoms with Gasteiger partial charge in [-0.3, -0.25) is 14.6 Å². The first-order valence-electron chi connectivity index (χ1n) is 4.15. The third-order valence-electron chi connectivity index (χ3n) is 1.89. The summed E-state index contributed by atoms with van der Waals surface area (Å²) in [5.74, 6) is -1.65. The zero-order valence-corrected chi connectivity index (χ0v) is 9.42. The van der Waals surface area contributed by atoms with Crippen molar-refractivity contribution in [1.29, 1.82) is 0 Å². The van der Waals surface area contributed by atoms with Crippen molar-refractivity contribution in [3.63, 3.8) is 0 Å². The second-order valence-corrected chi connectivity index (χ2v) is 3.94. The molecule has 1 aromatic rings. The van der Waals surface area contributed by atoms with E-state index in [0.717, 1.165) is 0 Å². The number of halogens is 1. The molecule has 15 heavy (non-hydrogen) atoms. The Hall–Kier alpha value is -1.37. The van der Waals surface area contributed by atoms with Gasteiger partial charge in [0.25, 0.3) is 5.56 Å². The van der Waals surface area contributed by atoms with Gasteiger partial charge in [-0.1, -0.05) is 6.92 Å². The Bertz CT molecular complexity index is 490. The van der Waals surface area contributed by atoms with Crippen LogP contribution in [0.25, 0.3) is 0 Å². The summed E-state index contributed by atoms with van der Waals surface area (Å²) in [5, 5.41) is 8.68. The topological polar surface area (TPSA) is 103 Å². The maximum absolute atomic E-state index is 11.1. The lowest BCUT2D eigenvalue weighted by Crippen LogP contribution is -2.26. The molecule has 0 fully saturated rings. The smallest absolute Gasteiger partial charge is 0.325 e. The average molecular weight is 277 g/mol. The molecule has 0 aliphatic heterocycles. The predicted molar refractivity (Wildman–Crippen MR) is 55.9 cm³/mol. The first-order valence-corrected chi connectivity index (χ1v) is 4.95. The molecule has 1 aromatic heterocycles. The van der Waals surface area contributed by atoms with E-state index in [4.69, 9.17) is 5.11 Å². The summed E-state index contributed by atoms with van der Waals surface area (Å²) in [7, 11) is 0. The van der Waals surface area contributed by atoms with Crippen molar-refractivity contribution in [3.8, 4) is 0 Å². The molecule has 7 heteroatoms. The van der Waals surface area contributed by atoms with Crippen LogP contribution in [0.2, 0.25) is 0 Å². The Morgan fingerprint density at radius 2 is 2.07 bits per heavy atom. The molecule has 0 aliphatic carbocycles. The molecule has 1 unspecified atom stereocenters. The largest absolute Gasteiger partial charge is 0.481 e. The number of nitrogens with one attached hydrogen (secondary N) is 2. The minimum Gasteiger partial charge on any atom is -0.481 e. The van der Waals surface area contributed by atoms with Gasteiger partial charge in [0, 0.05) is 12.1 Å². The van der Waals surface area contributed by atoms with Gasteiger partial charge in [-0.05, 0) is 15.9 Å². The highest BCUT2D eigenvalue weighted by Gasteiger charge is 2.15. The molecule has 0 spiro atoms. The zero-order chi connectivity index (χ0) is 11.6. The van der Waals surface area contributed by atoms with Gasteiger partial charge in [-0.2, -0.15) is 0 Å². The Balaban J connectivity index is 3.10. The fourth-order valence-corrected chi connectivity index (χ4v) is 1.41. The van der Waals surface area contributed by atoms with Gasteiger partial charge in [0.2, 0.25) is 0 Å². The van der Waals surface area contributed by atoms with Crippen LogP contribution >= 0.6 is 15.9 Å². The number of aromatic nitrogens is 2. The zero-order valence-electron chi connectivity index (χ0n) is 7.83. The van der Waals surface area contributed by atoms with Gasteiger partial charge in [-0.15, -0.1) is 0 Å². The van der Waals surface area contributed by atoms with Crippen LogP contribution in [0, 0.1) is 5.92 Å². The van der Waals surface area contributed by atoms with Gasteiger partial charge >= 0.3 is 11.7 Å². The standard InChI is InChI=1S/C8H9BrN2O4/c1-3(7(13)14)2-4-5(9)6(12)11-8(15)10-4/h3H,2H2,1H3,(H,13,14)(H2,10,11,12,15). The minimum atomic E-state index is -0.983. The third-order valence-corrected chi connectivity index (χ3v) is 2.73. The number of aliphatic carboxylic acids is 1. The number of hydrogen-bond donors (Lipinski definition) is 3. The van der Waals surface area contributed by atoms with E-state index in [2.05, 4.69) is 20.9 Å². The van der Waals surface area contributed by atoms with Gasteiger partial charge in [-0.25, -0.2) is 4.79 Å². The van der Waals surface area contributed by atoms with Gasteiger partial charge < -0.3 is 10.1 Å². The predicted octanol–water partition coefficient (Wildman–Crippen LogP) is 0.0889. The lowest BCUT2D eigenvalue weighted by Gasteiger charge is -2.06. The number of aromatic amines is 2. The number of carboxylic acid groups (broad SMARTS) is 1. The number of carboxylic acids is 1. The molecule has 0 radical (unpaired) electrons. The molecular weight excluding hydrogens is 268 g/mol. The Kier molecular flexibility index (Phi) is 3.46. The van der Waals surface area contributed by atoms with Crippen molar-refractivity contribution in [2.45, 2.75) is 13.3 Å². The van der Waals surface area contributed by atoms with Crippen LogP contribution in [-0.2, 0) is 11.2 Å². The maximum atomic E-state index is 11.1. The van der Waals surface area contributed by atoms with Crippen molar-refractivity contribution < 1.29 is 9.90 Å².